The Kier molecular flexibility index (Phi) is 6.02. The van der Waals surface area contributed by atoms with Crippen LogP contribution in [-0.4, -0.2) is 17.6 Å². The largest absolute Gasteiger partial charge is 0.338 e. The summed E-state index contributed by atoms with van der Waals surface area (Å²) in [5, 5.41) is 5.37. The number of halogens is 2. The van der Waals surface area contributed by atoms with E-state index in [0.29, 0.717) is 19.4 Å². The van der Waals surface area contributed by atoms with Crippen LogP contribution >= 0.6 is 0 Å². The van der Waals surface area contributed by atoms with Gasteiger partial charge in [0.15, 0.2) is 0 Å². The Bertz CT molecular complexity index is 650. The van der Waals surface area contributed by atoms with Crippen LogP contribution in [0.25, 0.3) is 0 Å². The quantitative estimate of drug-likeness (QED) is 0.858. The molecule has 2 N–H and O–H groups in total. The molecule has 1 aromatic carbocycles. The predicted molar refractivity (Wildman–Crippen MR) is 83.9 cm³/mol. The van der Waals surface area contributed by atoms with Gasteiger partial charge in [-0.05, 0) is 42.7 Å². The van der Waals surface area contributed by atoms with Crippen molar-refractivity contribution in [1.82, 2.24) is 15.6 Å². The normalized spacial score (nSPS) is 11.8. The molecule has 1 unspecified atom stereocenters. The van der Waals surface area contributed by atoms with Crippen molar-refractivity contribution in [3.63, 3.8) is 0 Å². The van der Waals surface area contributed by atoms with Gasteiger partial charge in [0.25, 0.3) is 0 Å². The van der Waals surface area contributed by atoms with E-state index >= 15 is 0 Å². The van der Waals surface area contributed by atoms with Gasteiger partial charge in [-0.2, -0.15) is 0 Å². The van der Waals surface area contributed by atoms with Crippen LogP contribution in [0.15, 0.2) is 42.7 Å². The molecule has 1 heterocycles. The summed E-state index contributed by atoms with van der Waals surface area (Å²) >= 11 is 0. The van der Waals surface area contributed by atoms with Crippen molar-refractivity contribution >= 4 is 6.03 Å². The van der Waals surface area contributed by atoms with Crippen LogP contribution in [0, 0.1) is 11.6 Å². The fraction of sp³-hybridized carbons (Fsp3) is 0.294. The van der Waals surface area contributed by atoms with Crippen molar-refractivity contribution < 1.29 is 13.6 Å². The lowest BCUT2D eigenvalue weighted by Crippen LogP contribution is -2.39. The van der Waals surface area contributed by atoms with Gasteiger partial charge in [0.1, 0.15) is 11.6 Å². The number of aromatic nitrogens is 1. The summed E-state index contributed by atoms with van der Waals surface area (Å²) in [4.78, 5) is 15.9. The number of carbonyl (C=O) groups excluding carboxylic acids is 1. The zero-order chi connectivity index (χ0) is 16.7. The molecule has 0 aliphatic carbocycles. The summed E-state index contributed by atoms with van der Waals surface area (Å²) in [7, 11) is 0. The molecule has 1 aromatic heterocycles. The van der Waals surface area contributed by atoms with Crippen LogP contribution in [0.3, 0.4) is 0 Å². The van der Waals surface area contributed by atoms with E-state index in [0.717, 1.165) is 23.8 Å². The van der Waals surface area contributed by atoms with Crippen LogP contribution in [0.5, 0.6) is 0 Å². The van der Waals surface area contributed by atoms with Gasteiger partial charge < -0.3 is 10.6 Å². The first kappa shape index (κ1) is 16.9. The smallest absolute Gasteiger partial charge is 0.315 e. The van der Waals surface area contributed by atoms with E-state index < -0.39 is 23.7 Å². The van der Waals surface area contributed by atoms with Gasteiger partial charge in [-0.1, -0.05) is 13.0 Å². The third-order valence-corrected chi connectivity index (χ3v) is 3.47. The summed E-state index contributed by atoms with van der Waals surface area (Å²) in [5.41, 5.74) is 1.16. The number of amides is 2. The molecular formula is C17H19F2N3O. The number of rotatable bonds is 6. The molecule has 0 fully saturated rings. The lowest BCUT2D eigenvalue weighted by molar-refractivity contribution is 0.236. The van der Waals surface area contributed by atoms with Gasteiger partial charge in [-0.25, -0.2) is 13.6 Å². The van der Waals surface area contributed by atoms with E-state index in [4.69, 9.17) is 0 Å². The van der Waals surface area contributed by atoms with E-state index in [2.05, 4.69) is 15.6 Å². The van der Waals surface area contributed by atoms with E-state index in [-0.39, 0.29) is 5.56 Å². The molecule has 0 bridgehead atoms. The summed E-state index contributed by atoms with van der Waals surface area (Å²) in [6.45, 7) is 2.23. The first-order valence-electron chi connectivity index (χ1n) is 7.48. The molecule has 0 saturated carbocycles. The van der Waals surface area contributed by atoms with E-state index in [9.17, 15) is 13.6 Å². The van der Waals surface area contributed by atoms with Crippen molar-refractivity contribution in [2.45, 2.75) is 25.8 Å². The molecule has 122 valence electrons. The Morgan fingerprint density at radius 1 is 1.30 bits per heavy atom. The maximum atomic E-state index is 13.8. The molecule has 23 heavy (non-hydrogen) atoms. The SMILES string of the molecule is CCC(NC(=O)NCCc1cccnc1)c1cc(F)ccc1F. The van der Waals surface area contributed by atoms with E-state index in [1.165, 1.54) is 0 Å². The zero-order valence-corrected chi connectivity index (χ0v) is 12.9. The molecular weight excluding hydrogens is 300 g/mol. The number of pyridine rings is 1. The Morgan fingerprint density at radius 2 is 2.13 bits per heavy atom. The van der Waals surface area contributed by atoms with E-state index in [1.807, 2.05) is 12.1 Å². The monoisotopic (exact) mass is 319 g/mol. The number of carbonyl (C=O) groups is 1. The van der Waals surface area contributed by atoms with Gasteiger partial charge in [0.05, 0.1) is 6.04 Å². The fourth-order valence-electron chi connectivity index (χ4n) is 2.26. The standard InChI is InChI=1S/C17H19F2N3O/c1-2-16(14-10-13(18)5-6-15(14)19)22-17(23)21-9-7-12-4-3-8-20-11-12/h3-6,8,10-11,16H,2,7,9H2,1H3,(H2,21,22,23). The highest BCUT2D eigenvalue weighted by Crippen LogP contribution is 2.21. The van der Waals surface area contributed by atoms with Gasteiger partial charge in [0.2, 0.25) is 0 Å². The third kappa shape index (κ3) is 5.02. The topological polar surface area (TPSA) is 54.0 Å². The van der Waals surface area contributed by atoms with Gasteiger partial charge in [0, 0.05) is 24.5 Å². The second-order valence-corrected chi connectivity index (χ2v) is 5.14. The van der Waals surface area contributed by atoms with Gasteiger partial charge in [-0.15, -0.1) is 0 Å². The molecule has 0 aliphatic rings. The summed E-state index contributed by atoms with van der Waals surface area (Å²) in [6.07, 6.45) is 4.52. The second kappa shape index (κ2) is 8.22. The van der Waals surface area contributed by atoms with Crippen molar-refractivity contribution in [2.75, 3.05) is 6.54 Å². The first-order valence-corrected chi connectivity index (χ1v) is 7.48. The molecule has 2 amide bonds. The number of urea groups is 1. The predicted octanol–water partition coefficient (Wildman–Crippen LogP) is 3.35. The van der Waals surface area contributed by atoms with E-state index in [1.54, 1.807) is 19.3 Å². The van der Waals surface area contributed by atoms with Crippen LogP contribution in [0.1, 0.15) is 30.5 Å². The second-order valence-electron chi connectivity index (χ2n) is 5.14. The summed E-state index contributed by atoms with van der Waals surface area (Å²) in [6, 6.07) is 5.99. The molecule has 1 atom stereocenters. The van der Waals surface area contributed by atoms with Crippen LogP contribution in [0.4, 0.5) is 13.6 Å². The van der Waals surface area contributed by atoms with Crippen LogP contribution < -0.4 is 10.6 Å². The summed E-state index contributed by atoms with van der Waals surface area (Å²) < 4.78 is 27.1. The maximum absolute atomic E-state index is 13.8. The maximum Gasteiger partial charge on any atom is 0.315 e. The third-order valence-electron chi connectivity index (χ3n) is 3.47. The highest BCUT2D eigenvalue weighted by Gasteiger charge is 2.17. The van der Waals surface area contributed by atoms with Crippen LogP contribution in [0.2, 0.25) is 0 Å². The Labute approximate surface area is 133 Å². The number of nitrogens with zero attached hydrogens (tertiary/aromatic N) is 1. The zero-order valence-electron chi connectivity index (χ0n) is 12.9. The number of hydrogen-bond acceptors (Lipinski definition) is 2. The first-order chi connectivity index (χ1) is 11.1. The molecule has 6 heteroatoms. The Hall–Kier alpha value is -2.50. The lowest BCUT2D eigenvalue weighted by Gasteiger charge is -2.18. The highest BCUT2D eigenvalue weighted by atomic mass is 19.1. The molecule has 0 saturated heterocycles. The number of nitrogens with one attached hydrogen (secondary N) is 2. The molecule has 2 rings (SSSR count). The Balaban J connectivity index is 1.88. The molecule has 0 spiro atoms. The van der Waals surface area contributed by atoms with Crippen LogP contribution in [-0.2, 0) is 6.42 Å². The van der Waals surface area contributed by atoms with Crippen molar-refractivity contribution in [1.29, 1.82) is 0 Å². The minimum absolute atomic E-state index is 0.148. The highest BCUT2D eigenvalue weighted by molar-refractivity contribution is 5.74. The number of hydrogen-bond donors (Lipinski definition) is 2. The molecule has 0 radical (unpaired) electrons. The molecule has 2 aromatic rings. The van der Waals surface area contributed by atoms with Crippen molar-refractivity contribution in [2.24, 2.45) is 0 Å². The van der Waals surface area contributed by atoms with Crippen molar-refractivity contribution in [3.05, 3.63) is 65.5 Å². The lowest BCUT2D eigenvalue weighted by atomic mass is 10.0. The van der Waals surface area contributed by atoms with Gasteiger partial charge >= 0.3 is 6.03 Å². The average molecular weight is 319 g/mol. The summed E-state index contributed by atoms with van der Waals surface area (Å²) in [5.74, 6) is -1.06. The Morgan fingerprint density at radius 3 is 2.83 bits per heavy atom. The number of benzene rings is 1. The fourth-order valence-corrected chi connectivity index (χ4v) is 2.26. The van der Waals surface area contributed by atoms with Crippen molar-refractivity contribution in [3.8, 4) is 0 Å². The molecule has 4 nitrogen and oxygen atoms in total. The minimum Gasteiger partial charge on any atom is -0.338 e. The molecule has 0 aliphatic heterocycles. The van der Waals surface area contributed by atoms with Gasteiger partial charge in [-0.3, -0.25) is 4.98 Å². The minimum atomic E-state index is -0.580. The average Bonchev–Trinajstić information content (AvgIpc) is 2.56.